The Balaban J connectivity index is 1.72. The lowest BCUT2D eigenvalue weighted by Crippen LogP contribution is -2.32. The van der Waals surface area contributed by atoms with Gasteiger partial charge >= 0.3 is 0 Å². The number of aryl methyl sites for hydroxylation is 3. The van der Waals surface area contributed by atoms with Crippen LogP contribution in [0.1, 0.15) is 27.8 Å². The lowest BCUT2D eigenvalue weighted by atomic mass is 10.0. The zero-order chi connectivity index (χ0) is 21.3. The topological polar surface area (TPSA) is 46.1 Å². The van der Waals surface area contributed by atoms with Crippen LogP contribution in [0.25, 0.3) is 10.2 Å². The Morgan fingerprint density at radius 2 is 1.80 bits per heavy atom. The molecule has 0 saturated heterocycles. The van der Waals surface area contributed by atoms with Crippen LogP contribution in [0.5, 0.6) is 0 Å². The van der Waals surface area contributed by atoms with Crippen molar-refractivity contribution in [3.63, 3.8) is 0 Å². The van der Waals surface area contributed by atoms with Crippen LogP contribution in [0.2, 0.25) is 5.02 Å². The second-order valence-corrected chi connectivity index (χ2v) is 8.95. The van der Waals surface area contributed by atoms with Crippen molar-refractivity contribution >= 4 is 44.2 Å². The van der Waals surface area contributed by atoms with Gasteiger partial charge in [-0.05, 0) is 67.3 Å². The highest BCUT2D eigenvalue weighted by Crippen LogP contribution is 2.34. The molecule has 0 atom stereocenters. The first-order valence-electron chi connectivity index (χ1n) is 9.73. The summed E-state index contributed by atoms with van der Waals surface area (Å²) < 4.78 is 0.981. The molecular formula is C24H22ClN3OS. The highest BCUT2D eigenvalue weighted by molar-refractivity contribution is 7.22. The summed E-state index contributed by atoms with van der Waals surface area (Å²) in [6.45, 7) is 6.54. The summed E-state index contributed by atoms with van der Waals surface area (Å²) in [7, 11) is 0. The average molecular weight is 436 g/mol. The van der Waals surface area contributed by atoms with E-state index in [0.29, 0.717) is 23.1 Å². The van der Waals surface area contributed by atoms with Gasteiger partial charge in [-0.1, -0.05) is 46.7 Å². The molecule has 0 saturated carbocycles. The number of carbonyl (C=O) groups excluding carboxylic acids is 1. The first-order chi connectivity index (χ1) is 14.4. The van der Waals surface area contributed by atoms with E-state index in [9.17, 15) is 4.79 Å². The van der Waals surface area contributed by atoms with Crippen LogP contribution in [0, 0.1) is 20.8 Å². The maximum absolute atomic E-state index is 13.4. The van der Waals surface area contributed by atoms with E-state index >= 15 is 0 Å². The van der Waals surface area contributed by atoms with Crippen molar-refractivity contribution in [2.75, 3.05) is 4.90 Å². The fourth-order valence-electron chi connectivity index (χ4n) is 3.49. The third-order valence-electron chi connectivity index (χ3n) is 5.10. The second-order valence-electron chi connectivity index (χ2n) is 7.51. The van der Waals surface area contributed by atoms with Crippen LogP contribution < -0.4 is 4.90 Å². The Kier molecular flexibility index (Phi) is 5.84. The Morgan fingerprint density at radius 3 is 2.53 bits per heavy atom. The van der Waals surface area contributed by atoms with Crippen molar-refractivity contribution in [3.05, 3.63) is 87.7 Å². The third-order valence-corrected chi connectivity index (χ3v) is 6.34. The van der Waals surface area contributed by atoms with E-state index in [1.807, 2.05) is 50.2 Å². The molecule has 0 radical (unpaired) electrons. The minimum Gasteiger partial charge on any atom is -0.283 e. The van der Waals surface area contributed by atoms with Crippen LogP contribution in [0.4, 0.5) is 5.13 Å². The second kappa shape index (κ2) is 8.54. The zero-order valence-electron chi connectivity index (χ0n) is 17.1. The van der Waals surface area contributed by atoms with Gasteiger partial charge in [0, 0.05) is 17.4 Å². The zero-order valence-corrected chi connectivity index (χ0v) is 18.7. The summed E-state index contributed by atoms with van der Waals surface area (Å²) in [5.41, 5.74) is 6.25. The number of halogens is 1. The molecule has 0 aliphatic rings. The number of hydrogen-bond acceptors (Lipinski definition) is 4. The summed E-state index contributed by atoms with van der Waals surface area (Å²) in [5, 5.41) is 1.36. The monoisotopic (exact) mass is 435 g/mol. The number of hydrogen-bond donors (Lipinski definition) is 0. The molecular weight excluding hydrogens is 414 g/mol. The minimum atomic E-state index is 0.0153. The van der Waals surface area contributed by atoms with Crippen LogP contribution in [-0.4, -0.2) is 15.9 Å². The number of rotatable bonds is 5. The Hall–Kier alpha value is -2.76. The van der Waals surface area contributed by atoms with Gasteiger partial charge in [-0.15, -0.1) is 0 Å². The van der Waals surface area contributed by atoms with Crippen molar-refractivity contribution in [1.29, 1.82) is 0 Å². The van der Waals surface area contributed by atoms with E-state index in [-0.39, 0.29) is 5.91 Å². The van der Waals surface area contributed by atoms with E-state index in [1.54, 1.807) is 17.3 Å². The number of anilines is 1. The molecule has 2 aromatic heterocycles. The van der Waals surface area contributed by atoms with Crippen molar-refractivity contribution in [3.8, 4) is 0 Å². The largest absolute Gasteiger partial charge is 0.283 e. The van der Waals surface area contributed by atoms with E-state index < -0.39 is 0 Å². The van der Waals surface area contributed by atoms with Gasteiger partial charge in [0.05, 0.1) is 23.2 Å². The normalized spacial score (nSPS) is 11.1. The van der Waals surface area contributed by atoms with Gasteiger partial charge in [-0.2, -0.15) is 0 Å². The van der Waals surface area contributed by atoms with Crippen LogP contribution in [0.3, 0.4) is 0 Å². The minimum absolute atomic E-state index is 0.0153. The van der Waals surface area contributed by atoms with Crippen LogP contribution in [0.15, 0.2) is 54.9 Å². The first kappa shape index (κ1) is 20.5. The van der Waals surface area contributed by atoms with E-state index in [1.165, 1.54) is 16.9 Å². The van der Waals surface area contributed by atoms with Crippen LogP contribution >= 0.6 is 22.9 Å². The van der Waals surface area contributed by atoms with Crippen molar-refractivity contribution in [1.82, 2.24) is 9.97 Å². The fourth-order valence-corrected chi connectivity index (χ4v) is 4.93. The predicted octanol–water partition coefficient (Wildman–Crippen LogP) is 6.05. The summed E-state index contributed by atoms with van der Waals surface area (Å²) in [6.07, 6.45) is 3.81. The molecule has 4 nitrogen and oxygen atoms in total. The summed E-state index contributed by atoms with van der Waals surface area (Å²) in [5.74, 6) is 0.0153. The molecule has 0 bridgehead atoms. The van der Waals surface area contributed by atoms with E-state index in [0.717, 1.165) is 32.5 Å². The molecule has 2 heterocycles. The van der Waals surface area contributed by atoms with Gasteiger partial charge in [0.25, 0.3) is 0 Å². The molecule has 0 aliphatic heterocycles. The lowest BCUT2D eigenvalue weighted by molar-refractivity contribution is -0.118. The Labute approximate surface area is 185 Å². The number of nitrogens with zero attached hydrogens (tertiary/aromatic N) is 3. The number of amides is 1. The van der Waals surface area contributed by atoms with Gasteiger partial charge in [-0.25, -0.2) is 4.98 Å². The smallest absolute Gasteiger partial charge is 0.233 e. The van der Waals surface area contributed by atoms with Crippen LogP contribution in [-0.2, 0) is 17.8 Å². The highest BCUT2D eigenvalue weighted by atomic mass is 35.5. The third kappa shape index (κ3) is 4.37. The van der Waals surface area contributed by atoms with Crippen molar-refractivity contribution < 1.29 is 4.79 Å². The molecule has 0 aliphatic carbocycles. The fraction of sp³-hybridized carbons (Fsp3) is 0.208. The lowest BCUT2D eigenvalue weighted by Gasteiger charge is -2.20. The van der Waals surface area contributed by atoms with Gasteiger partial charge in [0.15, 0.2) is 5.13 Å². The summed E-state index contributed by atoms with van der Waals surface area (Å²) in [4.78, 5) is 24.1. The predicted molar refractivity (Wildman–Crippen MR) is 124 cm³/mol. The maximum Gasteiger partial charge on any atom is 0.233 e. The molecule has 6 heteroatoms. The molecule has 0 spiro atoms. The summed E-state index contributed by atoms with van der Waals surface area (Å²) in [6, 6.07) is 13.8. The molecule has 152 valence electrons. The molecule has 2 aromatic carbocycles. The SMILES string of the molecule is Cc1ccc(CC(=O)N(Cc2ccncc2)c2nc3c(C)cc(Cl)cc3s2)c(C)c1. The van der Waals surface area contributed by atoms with Gasteiger partial charge in [-0.3, -0.25) is 14.7 Å². The molecule has 4 aromatic rings. The Bertz CT molecular complexity index is 1220. The summed E-state index contributed by atoms with van der Waals surface area (Å²) >= 11 is 7.73. The van der Waals surface area contributed by atoms with E-state index in [2.05, 4.69) is 18.0 Å². The number of benzene rings is 2. The number of thiazole rings is 1. The molecule has 30 heavy (non-hydrogen) atoms. The molecule has 0 unspecified atom stereocenters. The molecule has 0 N–H and O–H groups in total. The number of fused-ring (bicyclic) bond motifs is 1. The Morgan fingerprint density at radius 1 is 1.03 bits per heavy atom. The molecule has 4 rings (SSSR count). The standard InChI is InChI=1S/C24H22ClN3OS/c1-15-4-5-19(16(2)10-15)12-22(29)28(14-18-6-8-26-9-7-18)24-27-23-17(3)11-20(25)13-21(23)30-24/h4-11,13H,12,14H2,1-3H3. The quantitative estimate of drug-likeness (QED) is 0.383. The maximum atomic E-state index is 13.4. The first-order valence-corrected chi connectivity index (χ1v) is 10.9. The van der Waals surface area contributed by atoms with Gasteiger partial charge < -0.3 is 0 Å². The molecule has 1 amide bonds. The number of carbonyl (C=O) groups is 1. The van der Waals surface area contributed by atoms with Gasteiger partial charge in [0.2, 0.25) is 5.91 Å². The average Bonchev–Trinajstić information content (AvgIpc) is 3.13. The highest BCUT2D eigenvalue weighted by Gasteiger charge is 2.22. The van der Waals surface area contributed by atoms with E-state index in [4.69, 9.17) is 16.6 Å². The molecule has 0 fully saturated rings. The van der Waals surface area contributed by atoms with Gasteiger partial charge in [0.1, 0.15) is 0 Å². The van der Waals surface area contributed by atoms with Crippen molar-refractivity contribution in [2.45, 2.75) is 33.7 Å². The number of pyridine rings is 1. The van der Waals surface area contributed by atoms with Crippen molar-refractivity contribution in [2.24, 2.45) is 0 Å². The number of aromatic nitrogens is 2.